The van der Waals surface area contributed by atoms with Crippen LogP contribution in [0, 0.1) is 17.3 Å². The van der Waals surface area contributed by atoms with E-state index in [1.807, 2.05) is 69.3 Å². The fourth-order valence-electron chi connectivity index (χ4n) is 5.23. The van der Waals surface area contributed by atoms with Crippen LogP contribution in [0.15, 0.2) is 48.5 Å². The molecule has 2 aromatic rings. The minimum atomic E-state index is -1.45. The number of nitrogens with zero attached hydrogens (tertiary/aromatic N) is 1. The standard InChI is InChI=1S/C29H38N2O6/c1-17(2)24(26(32)31(36)25(27(33)34)18(3)15-29(4,5)6)30-28(35)37-16-23-21-13-9-7-11-19(21)20-12-8-10-14-22(20)23/h7-14,17-18,23-25,36H,15-16H2,1-6H3,(H,30,35)(H,33,34)/t18?,24-,25?/m0/s1. The Kier molecular flexibility index (Phi) is 8.64. The van der Waals surface area contributed by atoms with Crippen molar-refractivity contribution >= 4 is 18.0 Å². The third kappa shape index (κ3) is 6.49. The number of benzene rings is 2. The molecule has 2 amide bonds. The van der Waals surface area contributed by atoms with Crippen LogP contribution >= 0.6 is 0 Å². The first-order chi connectivity index (χ1) is 17.3. The number of ether oxygens (including phenoxy) is 1. The molecule has 0 heterocycles. The second-order valence-electron chi connectivity index (χ2n) is 11.4. The van der Waals surface area contributed by atoms with E-state index in [2.05, 4.69) is 5.32 Å². The van der Waals surface area contributed by atoms with Gasteiger partial charge < -0.3 is 15.2 Å². The van der Waals surface area contributed by atoms with Gasteiger partial charge in [0.05, 0.1) is 0 Å². The molecule has 3 N–H and O–H groups in total. The second-order valence-corrected chi connectivity index (χ2v) is 11.4. The van der Waals surface area contributed by atoms with E-state index >= 15 is 0 Å². The molecule has 0 aliphatic heterocycles. The monoisotopic (exact) mass is 510 g/mol. The number of aliphatic carboxylic acids is 1. The van der Waals surface area contributed by atoms with Crippen LogP contribution in [-0.4, -0.2) is 52.0 Å². The Bertz CT molecular complexity index is 1090. The number of carbonyl (C=O) groups excluding carboxylic acids is 2. The zero-order valence-corrected chi connectivity index (χ0v) is 22.4. The van der Waals surface area contributed by atoms with Crippen molar-refractivity contribution in [2.45, 2.75) is 66.0 Å². The number of hydrogen-bond donors (Lipinski definition) is 3. The van der Waals surface area contributed by atoms with E-state index in [4.69, 9.17) is 4.74 Å². The van der Waals surface area contributed by atoms with Crippen molar-refractivity contribution in [1.29, 1.82) is 0 Å². The minimum Gasteiger partial charge on any atom is -0.480 e. The number of carbonyl (C=O) groups is 3. The van der Waals surface area contributed by atoms with Crippen molar-refractivity contribution in [2.24, 2.45) is 17.3 Å². The lowest BCUT2D eigenvalue weighted by molar-refractivity contribution is -0.194. The molecule has 8 heteroatoms. The number of nitrogens with one attached hydrogen (secondary N) is 1. The number of hydrogen-bond acceptors (Lipinski definition) is 5. The van der Waals surface area contributed by atoms with Crippen molar-refractivity contribution in [3.8, 4) is 11.1 Å². The van der Waals surface area contributed by atoms with Crippen molar-refractivity contribution in [3.63, 3.8) is 0 Å². The summed E-state index contributed by atoms with van der Waals surface area (Å²) in [7, 11) is 0. The molecule has 200 valence electrons. The van der Waals surface area contributed by atoms with Gasteiger partial charge >= 0.3 is 12.1 Å². The van der Waals surface area contributed by atoms with Gasteiger partial charge in [-0.3, -0.25) is 10.0 Å². The summed E-state index contributed by atoms with van der Waals surface area (Å²) in [6.07, 6.45) is -0.336. The Labute approximate surface area is 218 Å². The number of alkyl carbamates (subject to hydrolysis) is 1. The Hall–Kier alpha value is -3.39. The lowest BCUT2D eigenvalue weighted by atomic mass is 9.82. The first-order valence-electron chi connectivity index (χ1n) is 12.7. The summed E-state index contributed by atoms with van der Waals surface area (Å²) in [6, 6.07) is 13.3. The molecule has 0 radical (unpaired) electrons. The van der Waals surface area contributed by atoms with Crippen molar-refractivity contribution in [2.75, 3.05) is 6.61 Å². The first kappa shape index (κ1) is 28.2. The summed E-state index contributed by atoms with van der Waals surface area (Å²) >= 11 is 0. The number of amides is 2. The molecule has 0 saturated carbocycles. The highest BCUT2D eigenvalue weighted by Crippen LogP contribution is 2.44. The lowest BCUT2D eigenvalue weighted by Gasteiger charge is -2.34. The summed E-state index contributed by atoms with van der Waals surface area (Å²) < 4.78 is 5.55. The molecule has 0 aromatic heterocycles. The highest BCUT2D eigenvalue weighted by molar-refractivity contribution is 5.88. The van der Waals surface area contributed by atoms with E-state index in [0.29, 0.717) is 6.42 Å². The highest BCUT2D eigenvalue weighted by Gasteiger charge is 2.40. The van der Waals surface area contributed by atoms with E-state index in [1.54, 1.807) is 20.8 Å². The van der Waals surface area contributed by atoms with Gasteiger partial charge in [0.25, 0.3) is 5.91 Å². The first-order valence-corrected chi connectivity index (χ1v) is 12.7. The van der Waals surface area contributed by atoms with Crippen molar-refractivity contribution in [1.82, 2.24) is 10.4 Å². The zero-order chi connectivity index (χ0) is 27.5. The molecule has 2 aromatic carbocycles. The smallest absolute Gasteiger partial charge is 0.407 e. The maximum absolute atomic E-state index is 13.2. The predicted molar refractivity (Wildman–Crippen MR) is 140 cm³/mol. The molecule has 1 aliphatic carbocycles. The van der Waals surface area contributed by atoms with Crippen LogP contribution in [0.3, 0.4) is 0 Å². The summed E-state index contributed by atoms with van der Waals surface area (Å²) in [5.41, 5.74) is 4.12. The molecule has 3 atom stereocenters. The maximum atomic E-state index is 13.2. The molecule has 0 bridgehead atoms. The average molecular weight is 511 g/mol. The van der Waals surface area contributed by atoms with Crippen LogP contribution in [0.5, 0.6) is 0 Å². The quantitative estimate of drug-likeness (QED) is 0.312. The van der Waals surface area contributed by atoms with Crippen LogP contribution in [0.4, 0.5) is 4.79 Å². The Morgan fingerprint density at radius 1 is 0.973 bits per heavy atom. The molecule has 37 heavy (non-hydrogen) atoms. The summed E-state index contributed by atoms with van der Waals surface area (Å²) in [6.45, 7) is 11.0. The highest BCUT2D eigenvalue weighted by atomic mass is 16.5. The van der Waals surface area contributed by atoms with Crippen molar-refractivity contribution < 1.29 is 29.4 Å². The van der Waals surface area contributed by atoms with Crippen LogP contribution in [0.25, 0.3) is 11.1 Å². The molecule has 0 fully saturated rings. The number of fused-ring (bicyclic) bond motifs is 3. The molecule has 0 spiro atoms. The largest absolute Gasteiger partial charge is 0.480 e. The van der Waals surface area contributed by atoms with Gasteiger partial charge in [-0.15, -0.1) is 0 Å². The maximum Gasteiger partial charge on any atom is 0.407 e. The van der Waals surface area contributed by atoms with Gasteiger partial charge in [0.1, 0.15) is 12.6 Å². The Morgan fingerprint density at radius 2 is 1.49 bits per heavy atom. The Morgan fingerprint density at radius 3 is 1.95 bits per heavy atom. The van der Waals surface area contributed by atoms with E-state index in [-0.39, 0.29) is 23.0 Å². The topological polar surface area (TPSA) is 116 Å². The number of rotatable bonds is 9. The third-order valence-corrected chi connectivity index (χ3v) is 6.77. The molecule has 0 saturated heterocycles. The molecule has 2 unspecified atom stereocenters. The van der Waals surface area contributed by atoms with Gasteiger partial charge in [-0.25, -0.2) is 14.7 Å². The van der Waals surface area contributed by atoms with Gasteiger partial charge in [-0.2, -0.15) is 0 Å². The van der Waals surface area contributed by atoms with E-state index in [9.17, 15) is 24.7 Å². The third-order valence-electron chi connectivity index (χ3n) is 6.77. The van der Waals surface area contributed by atoms with Crippen molar-refractivity contribution in [3.05, 3.63) is 59.7 Å². The summed E-state index contributed by atoms with van der Waals surface area (Å²) in [4.78, 5) is 37.9. The second kappa shape index (κ2) is 11.3. The van der Waals surface area contributed by atoms with Gasteiger partial charge in [-0.1, -0.05) is 90.1 Å². The van der Waals surface area contributed by atoms with Crippen LogP contribution in [-0.2, 0) is 14.3 Å². The number of carboxylic acid groups (broad SMARTS) is 1. The molecule has 8 nitrogen and oxygen atoms in total. The van der Waals surface area contributed by atoms with Gasteiger partial charge in [0.15, 0.2) is 6.04 Å². The molecular weight excluding hydrogens is 472 g/mol. The lowest BCUT2D eigenvalue weighted by Crippen LogP contribution is -2.56. The van der Waals surface area contributed by atoms with E-state index < -0.39 is 41.9 Å². The molecular formula is C29H38N2O6. The van der Waals surface area contributed by atoms with Crippen LogP contribution in [0.2, 0.25) is 0 Å². The average Bonchev–Trinajstić information content (AvgIpc) is 3.13. The zero-order valence-electron chi connectivity index (χ0n) is 22.4. The van der Waals surface area contributed by atoms with E-state index in [1.165, 1.54) is 0 Å². The van der Waals surface area contributed by atoms with Gasteiger partial charge in [0, 0.05) is 5.92 Å². The molecule has 3 rings (SSSR count). The van der Waals surface area contributed by atoms with Gasteiger partial charge in [0.2, 0.25) is 0 Å². The fourth-order valence-corrected chi connectivity index (χ4v) is 5.23. The minimum absolute atomic E-state index is 0.0715. The summed E-state index contributed by atoms with van der Waals surface area (Å²) in [5, 5.41) is 23.2. The van der Waals surface area contributed by atoms with Crippen LogP contribution < -0.4 is 5.32 Å². The fraction of sp³-hybridized carbons (Fsp3) is 0.483. The van der Waals surface area contributed by atoms with Gasteiger partial charge in [-0.05, 0) is 45.9 Å². The number of carboxylic acids is 1. The Balaban J connectivity index is 1.70. The molecule has 1 aliphatic rings. The van der Waals surface area contributed by atoms with Crippen LogP contribution in [0.1, 0.15) is 65.0 Å². The normalized spacial score (nSPS) is 15.4. The summed E-state index contributed by atoms with van der Waals surface area (Å²) in [5.74, 6) is -3.29. The van der Waals surface area contributed by atoms with E-state index in [0.717, 1.165) is 22.3 Å². The number of hydroxylamine groups is 2. The SMILES string of the molecule is CC(CC(C)(C)C)C(C(=O)O)N(O)C(=O)[C@@H](NC(=O)OCC1c2ccccc2-c2ccccc21)C(C)C. The predicted octanol–water partition coefficient (Wildman–Crippen LogP) is 5.29.